The number of benzene rings is 1. The number of aliphatic hydroxyl groups is 1. The molecule has 1 spiro atoms. The Morgan fingerprint density at radius 2 is 2.28 bits per heavy atom. The molecule has 1 aliphatic carbocycles. The summed E-state index contributed by atoms with van der Waals surface area (Å²) in [7, 11) is 2.18. The number of aliphatic hydroxyl groups excluding tert-OH is 1. The fourth-order valence-corrected chi connectivity index (χ4v) is 4.69. The number of ether oxygens (including phenoxy) is 2. The van der Waals surface area contributed by atoms with Gasteiger partial charge in [0.1, 0.15) is 6.10 Å². The van der Waals surface area contributed by atoms with Crippen LogP contribution in [-0.2, 0) is 12.0 Å². The second-order valence-corrected chi connectivity index (χ2v) is 7.94. The van der Waals surface area contributed by atoms with Crippen LogP contribution in [0.1, 0.15) is 50.7 Å². The highest BCUT2D eigenvalue weighted by molar-refractivity contribution is 5.61. The standard InChI is InChI=1S/C21H29NO3/c1-4-5-14(2)24-17-7-6-15-13-22(3)11-10-21-9-8-16(23)12-18(21)25-20(17)19(15)21/h6-9,14,16,18,23H,4-5,10-13H2,1-3H3/t14?,16-,18-,21-/m0/s1. The molecule has 0 saturated carbocycles. The van der Waals surface area contributed by atoms with Crippen LogP contribution in [0.3, 0.4) is 0 Å². The van der Waals surface area contributed by atoms with E-state index in [9.17, 15) is 5.11 Å². The van der Waals surface area contributed by atoms with Crippen molar-refractivity contribution in [3.05, 3.63) is 35.4 Å². The van der Waals surface area contributed by atoms with Crippen molar-refractivity contribution in [3.63, 3.8) is 0 Å². The van der Waals surface area contributed by atoms with Crippen LogP contribution in [0.2, 0.25) is 0 Å². The van der Waals surface area contributed by atoms with E-state index in [0.717, 1.165) is 43.9 Å². The molecule has 0 aromatic heterocycles. The quantitative estimate of drug-likeness (QED) is 0.851. The van der Waals surface area contributed by atoms with Gasteiger partial charge in [0.2, 0.25) is 0 Å². The molecular weight excluding hydrogens is 314 g/mol. The van der Waals surface area contributed by atoms with E-state index in [2.05, 4.69) is 44.0 Å². The van der Waals surface area contributed by atoms with Crippen molar-refractivity contribution in [1.29, 1.82) is 0 Å². The van der Waals surface area contributed by atoms with E-state index in [4.69, 9.17) is 9.47 Å². The third-order valence-corrected chi connectivity index (χ3v) is 5.95. The van der Waals surface area contributed by atoms with Crippen LogP contribution in [0.4, 0.5) is 0 Å². The first-order valence-corrected chi connectivity index (χ1v) is 9.59. The molecule has 3 aliphatic rings. The zero-order valence-electron chi connectivity index (χ0n) is 15.5. The highest BCUT2D eigenvalue weighted by atomic mass is 16.5. The van der Waals surface area contributed by atoms with Gasteiger partial charge in [-0.15, -0.1) is 0 Å². The van der Waals surface area contributed by atoms with Crippen LogP contribution in [0, 0.1) is 0 Å². The molecule has 1 aromatic carbocycles. The maximum atomic E-state index is 10.1. The maximum absolute atomic E-state index is 10.1. The van der Waals surface area contributed by atoms with Crippen LogP contribution < -0.4 is 9.47 Å². The summed E-state index contributed by atoms with van der Waals surface area (Å²) in [5.41, 5.74) is 2.50. The minimum atomic E-state index is -0.419. The molecule has 1 aromatic rings. The van der Waals surface area contributed by atoms with Gasteiger partial charge < -0.3 is 19.5 Å². The topological polar surface area (TPSA) is 41.9 Å². The monoisotopic (exact) mass is 343 g/mol. The van der Waals surface area contributed by atoms with Gasteiger partial charge in [0.15, 0.2) is 11.5 Å². The molecule has 1 unspecified atom stereocenters. The summed E-state index contributed by atoms with van der Waals surface area (Å²) in [5, 5.41) is 10.1. The Balaban J connectivity index is 1.80. The predicted molar refractivity (Wildman–Crippen MR) is 98.2 cm³/mol. The molecule has 2 aliphatic heterocycles. The third kappa shape index (κ3) is 2.76. The first-order valence-electron chi connectivity index (χ1n) is 9.59. The van der Waals surface area contributed by atoms with Gasteiger partial charge in [0, 0.05) is 18.5 Å². The van der Waals surface area contributed by atoms with E-state index in [-0.39, 0.29) is 17.6 Å². The molecule has 4 atom stereocenters. The van der Waals surface area contributed by atoms with Gasteiger partial charge in [-0.05, 0) is 45.0 Å². The lowest BCUT2D eigenvalue weighted by Gasteiger charge is -2.35. The second kappa shape index (κ2) is 6.33. The first-order chi connectivity index (χ1) is 12.0. The zero-order valence-corrected chi connectivity index (χ0v) is 15.5. The van der Waals surface area contributed by atoms with Crippen molar-refractivity contribution >= 4 is 0 Å². The summed E-state index contributed by atoms with van der Waals surface area (Å²) in [4.78, 5) is 2.37. The van der Waals surface area contributed by atoms with E-state index in [0.29, 0.717) is 6.42 Å². The van der Waals surface area contributed by atoms with Crippen molar-refractivity contribution in [2.24, 2.45) is 0 Å². The molecule has 25 heavy (non-hydrogen) atoms. The lowest BCUT2D eigenvalue weighted by Crippen LogP contribution is -2.42. The smallest absolute Gasteiger partial charge is 0.166 e. The lowest BCUT2D eigenvalue weighted by molar-refractivity contribution is 0.0803. The van der Waals surface area contributed by atoms with Crippen molar-refractivity contribution in [2.45, 2.75) is 69.8 Å². The normalized spacial score (nSPS) is 31.7. The van der Waals surface area contributed by atoms with Gasteiger partial charge in [0.25, 0.3) is 0 Å². The van der Waals surface area contributed by atoms with Crippen molar-refractivity contribution in [2.75, 3.05) is 13.6 Å². The van der Waals surface area contributed by atoms with Gasteiger partial charge in [-0.3, -0.25) is 0 Å². The summed E-state index contributed by atoms with van der Waals surface area (Å²) in [6, 6.07) is 4.28. The third-order valence-electron chi connectivity index (χ3n) is 5.95. The van der Waals surface area contributed by atoms with Crippen LogP contribution in [0.5, 0.6) is 11.5 Å². The lowest BCUT2D eigenvalue weighted by atomic mass is 9.69. The van der Waals surface area contributed by atoms with E-state index in [1.165, 1.54) is 11.1 Å². The van der Waals surface area contributed by atoms with Gasteiger partial charge in [-0.25, -0.2) is 0 Å². The Labute approximate surface area is 150 Å². The molecule has 0 radical (unpaired) electrons. The average molecular weight is 343 g/mol. The highest BCUT2D eigenvalue weighted by Gasteiger charge is 2.52. The Bertz CT molecular complexity index is 686. The average Bonchev–Trinajstić information content (AvgIpc) is 2.83. The van der Waals surface area contributed by atoms with E-state index in [1.54, 1.807) is 0 Å². The van der Waals surface area contributed by atoms with Gasteiger partial charge in [0.05, 0.1) is 17.6 Å². The summed E-state index contributed by atoms with van der Waals surface area (Å²) >= 11 is 0. The SMILES string of the molecule is CCCC(C)Oc1ccc2c3c1O[C@H]1C[C@@H](O)C=C[C@@]31CCN(C)C2. The molecule has 4 rings (SSSR count). The Hall–Kier alpha value is -1.52. The molecular formula is C21H29NO3. The molecule has 4 nitrogen and oxygen atoms in total. The molecule has 136 valence electrons. The largest absolute Gasteiger partial charge is 0.487 e. The molecule has 1 N–H and O–H groups in total. The minimum Gasteiger partial charge on any atom is -0.487 e. The Morgan fingerprint density at radius 1 is 1.44 bits per heavy atom. The maximum Gasteiger partial charge on any atom is 0.166 e. The van der Waals surface area contributed by atoms with Crippen LogP contribution in [-0.4, -0.2) is 41.9 Å². The Morgan fingerprint density at radius 3 is 3.08 bits per heavy atom. The molecule has 0 saturated heterocycles. The molecule has 4 heteroatoms. The van der Waals surface area contributed by atoms with Crippen molar-refractivity contribution < 1.29 is 14.6 Å². The molecule has 0 fully saturated rings. The van der Waals surface area contributed by atoms with Crippen LogP contribution in [0.25, 0.3) is 0 Å². The first kappa shape index (κ1) is 16.9. The summed E-state index contributed by atoms with van der Waals surface area (Å²) in [5.74, 6) is 1.78. The Kier molecular flexibility index (Phi) is 4.28. The van der Waals surface area contributed by atoms with Crippen LogP contribution in [0.15, 0.2) is 24.3 Å². The molecule has 0 amide bonds. The van der Waals surface area contributed by atoms with E-state index in [1.807, 2.05) is 6.08 Å². The number of hydrogen-bond donors (Lipinski definition) is 1. The molecule has 0 bridgehead atoms. The highest BCUT2D eigenvalue weighted by Crippen LogP contribution is 2.55. The summed E-state index contributed by atoms with van der Waals surface area (Å²) < 4.78 is 12.7. The zero-order chi connectivity index (χ0) is 17.6. The summed E-state index contributed by atoms with van der Waals surface area (Å²) in [6.07, 6.45) is 7.73. The predicted octanol–water partition coefficient (Wildman–Crippen LogP) is 3.41. The number of rotatable bonds is 4. The van der Waals surface area contributed by atoms with Crippen molar-refractivity contribution in [3.8, 4) is 11.5 Å². The minimum absolute atomic E-state index is 0.000943. The fourth-order valence-electron chi connectivity index (χ4n) is 4.69. The van der Waals surface area contributed by atoms with Crippen molar-refractivity contribution in [1.82, 2.24) is 4.90 Å². The van der Waals surface area contributed by atoms with Gasteiger partial charge >= 0.3 is 0 Å². The summed E-state index contributed by atoms with van der Waals surface area (Å²) in [6.45, 7) is 6.26. The van der Waals surface area contributed by atoms with E-state index < -0.39 is 6.10 Å². The second-order valence-electron chi connectivity index (χ2n) is 7.94. The van der Waals surface area contributed by atoms with Gasteiger partial charge in [-0.2, -0.15) is 0 Å². The van der Waals surface area contributed by atoms with Gasteiger partial charge in [-0.1, -0.05) is 31.6 Å². The van der Waals surface area contributed by atoms with E-state index >= 15 is 0 Å². The fraction of sp³-hybridized carbons (Fsp3) is 0.619. The number of hydrogen-bond acceptors (Lipinski definition) is 4. The number of nitrogens with zero attached hydrogens (tertiary/aromatic N) is 1. The molecule has 2 heterocycles. The van der Waals surface area contributed by atoms with Crippen LogP contribution >= 0.6 is 0 Å².